The van der Waals surface area contributed by atoms with E-state index in [4.69, 9.17) is 10.7 Å². The van der Waals surface area contributed by atoms with Gasteiger partial charge in [-0.2, -0.15) is 5.26 Å². The van der Waals surface area contributed by atoms with Crippen LogP contribution in [-0.4, -0.2) is 15.5 Å². The summed E-state index contributed by atoms with van der Waals surface area (Å²) in [5.74, 6) is 0.361. The van der Waals surface area contributed by atoms with Crippen molar-refractivity contribution >= 4 is 28.6 Å². The molecule has 0 spiro atoms. The first-order chi connectivity index (χ1) is 17.1. The number of aromatic nitrogens is 2. The number of amides is 1. The van der Waals surface area contributed by atoms with Gasteiger partial charge in [0.25, 0.3) is 5.56 Å². The van der Waals surface area contributed by atoms with Crippen LogP contribution in [-0.2, 0) is 17.1 Å². The lowest BCUT2D eigenvalue weighted by molar-refractivity contribution is -0.118. The van der Waals surface area contributed by atoms with Crippen LogP contribution in [0.1, 0.15) is 36.8 Å². The molecule has 0 radical (unpaired) electrons. The molecule has 1 amide bonds. The number of thioether (sulfide) groups is 1. The number of nitrogens with zero attached hydrogens (tertiary/aromatic N) is 3. The number of carbonyl (C=O) groups is 1. The van der Waals surface area contributed by atoms with Crippen LogP contribution in [0.15, 0.2) is 82.7 Å². The Morgan fingerprint density at radius 1 is 0.971 bits per heavy atom. The largest absolute Gasteiger partial charge is 0.370 e. The molecule has 0 unspecified atom stereocenters. The molecule has 4 rings (SSSR count). The highest BCUT2D eigenvalue weighted by Crippen LogP contribution is 2.27. The van der Waals surface area contributed by atoms with Gasteiger partial charge in [0.15, 0.2) is 5.16 Å². The first kappa shape index (κ1) is 24.2. The lowest BCUT2D eigenvalue weighted by atomic mass is 10.00. The summed E-state index contributed by atoms with van der Waals surface area (Å²) in [6.45, 7) is 0.543. The van der Waals surface area contributed by atoms with E-state index in [1.54, 1.807) is 10.6 Å². The average molecular weight is 483 g/mol. The Labute approximate surface area is 208 Å². The van der Waals surface area contributed by atoms with Crippen molar-refractivity contribution in [2.75, 3.05) is 0 Å². The first-order valence-electron chi connectivity index (χ1n) is 11.6. The first-order valence-corrected chi connectivity index (χ1v) is 12.5. The Hall–Kier alpha value is -3.89. The number of nitriles is 1. The van der Waals surface area contributed by atoms with Crippen molar-refractivity contribution in [1.29, 1.82) is 5.26 Å². The number of fused-ring (bicyclic) bond motifs is 1. The highest BCUT2D eigenvalue weighted by atomic mass is 32.2. The van der Waals surface area contributed by atoms with Gasteiger partial charge in [-0.3, -0.25) is 14.2 Å². The number of nitrogens with two attached hydrogens (primary N) is 1. The zero-order chi connectivity index (χ0) is 24.6. The van der Waals surface area contributed by atoms with Gasteiger partial charge in [0, 0.05) is 18.7 Å². The molecule has 2 N–H and O–H groups in total. The number of para-hydroxylation sites is 1. The van der Waals surface area contributed by atoms with Gasteiger partial charge in [-0.05, 0) is 47.7 Å². The van der Waals surface area contributed by atoms with Crippen molar-refractivity contribution in [3.8, 4) is 17.2 Å². The van der Waals surface area contributed by atoms with Crippen molar-refractivity contribution in [2.45, 2.75) is 43.1 Å². The number of rotatable bonds is 10. The Balaban J connectivity index is 1.52. The van der Waals surface area contributed by atoms with E-state index in [0.29, 0.717) is 40.3 Å². The van der Waals surface area contributed by atoms with Gasteiger partial charge < -0.3 is 5.73 Å². The maximum absolute atomic E-state index is 13.2. The molecule has 0 saturated carbocycles. The molecule has 4 aromatic rings. The molecule has 3 aromatic carbocycles. The molecule has 35 heavy (non-hydrogen) atoms. The van der Waals surface area contributed by atoms with E-state index < -0.39 is 0 Å². The Morgan fingerprint density at radius 2 is 1.71 bits per heavy atom. The number of primary amides is 1. The van der Waals surface area contributed by atoms with E-state index in [1.807, 2.05) is 66.7 Å². The van der Waals surface area contributed by atoms with Crippen LogP contribution in [0.2, 0.25) is 0 Å². The number of hydrogen-bond donors (Lipinski definition) is 1. The zero-order valence-electron chi connectivity index (χ0n) is 19.3. The zero-order valence-corrected chi connectivity index (χ0v) is 20.1. The van der Waals surface area contributed by atoms with Crippen LogP contribution in [0.5, 0.6) is 0 Å². The maximum Gasteiger partial charge on any atom is 0.262 e. The summed E-state index contributed by atoms with van der Waals surface area (Å²) in [6.07, 6.45) is 2.67. The van der Waals surface area contributed by atoms with E-state index in [-0.39, 0.29) is 11.5 Å². The highest BCUT2D eigenvalue weighted by Gasteiger charge is 2.12. The third-order valence-electron chi connectivity index (χ3n) is 5.81. The summed E-state index contributed by atoms with van der Waals surface area (Å²) in [5.41, 5.74) is 9.52. The van der Waals surface area contributed by atoms with Crippen molar-refractivity contribution < 1.29 is 4.79 Å². The predicted molar refractivity (Wildman–Crippen MR) is 140 cm³/mol. The van der Waals surface area contributed by atoms with Gasteiger partial charge >= 0.3 is 0 Å². The molecule has 1 heterocycles. The minimum atomic E-state index is -0.298. The number of benzene rings is 3. The highest BCUT2D eigenvalue weighted by molar-refractivity contribution is 7.98. The summed E-state index contributed by atoms with van der Waals surface area (Å²) in [7, 11) is 0. The molecule has 0 aliphatic rings. The number of hydrogen-bond acceptors (Lipinski definition) is 5. The Bertz CT molecular complexity index is 1440. The van der Waals surface area contributed by atoms with Gasteiger partial charge in [0.2, 0.25) is 5.91 Å². The van der Waals surface area contributed by atoms with Crippen LogP contribution >= 0.6 is 11.8 Å². The molecular formula is C28H26N4O2S. The topological polar surface area (TPSA) is 102 Å². The monoisotopic (exact) mass is 482 g/mol. The van der Waals surface area contributed by atoms with Crippen molar-refractivity contribution in [1.82, 2.24) is 9.55 Å². The molecule has 6 nitrogen and oxygen atoms in total. The number of unbranched alkanes of at least 4 members (excludes halogenated alkanes) is 2. The standard InChI is InChI=1S/C28H26N4O2S/c29-18-22-8-3-4-9-23(22)21-15-13-20(14-16-21)19-35-28-31-25-11-6-5-10-24(25)27(34)32(28)17-7-1-2-12-26(30)33/h3-6,8-11,13-16H,1-2,7,12,17,19H2,(H2,30,33). The van der Waals surface area contributed by atoms with Gasteiger partial charge in [-0.25, -0.2) is 4.98 Å². The second-order valence-electron chi connectivity index (χ2n) is 8.29. The molecule has 0 atom stereocenters. The van der Waals surface area contributed by atoms with E-state index in [0.717, 1.165) is 36.0 Å². The SMILES string of the molecule is N#Cc1ccccc1-c1ccc(CSc2nc3ccccc3c(=O)n2CCCCCC(N)=O)cc1. The van der Waals surface area contributed by atoms with E-state index in [2.05, 4.69) is 6.07 Å². The summed E-state index contributed by atoms with van der Waals surface area (Å²) >= 11 is 1.53. The fourth-order valence-electron chi connectivity index (χ4n) is 3.96. The van der Waals surface area contributed by atoms with E-state index >= 15 is 0 Å². The second kappa shape index (κ2) is 11.5. The molecule has 176 valence electrons. The lowest BCUT2D eigenvalue weighted by Crippen LogP contribution is -2.23. The Morgan fingerprint density at radius 3 is 2.49 bits per heavy atom. The van der Waals surface area contributed by atoms with Crippen molar-refractivity contribution in [3.63, 3.8) is 0 Å². The van der Waals surface area contributed by atoms with Gasteiger partial charge in [0.05, 0.1) is 22.5 Å². The minimum Gasteiger partial charge on any atom is -0.370 e. The predicted octanol–water partition coefficient (Wildman–Crippen LogP) is 5.27. The third-order valence-corrected chi connectivity index (χ3v) is 6.86. The summed E-state index contributed by atoms with van der Waals surface area (Å²) in [4.78, 5) is 29.0. The van der Waals surface area contributed by atoms with Crippen LogP contribution in [0, 0.1) is 11.3 Å². The van der Waals surface area contributed by atoms with Crippen LogP contribution in [0.3, 0.4) is 0 Å². The maximum atomic E-state index is 13.2. The number of carbonyl (C=O) groups excluding carboxylic acids is 1. The summed E-state index contributed by atoms with van der Waals surface area (Å²) in [5, 5.41) is 10.7. The average Bonchev–Trinajstić information content (AvgIpc) is 2.88. The quantitative estimate of drug-likeness (QED) is 0.188. The minimum absolute atomic E-state index is 0.0449. The van der Waals surface area contributed by atoms with E-state index in [9.17, 15) is 14.9 Å². The van der Waals surface area contributed by atoms with E-state index in [1.165, 1.54) is 11.8 Å². The van der Waals surface area contributed by atoms with Crippen LogP contribution in [0.25, 0.3) is 22.0 Å². The molecule has 7 heteroatoms. The van der Waals surface area contributed by atoms with Gasteiger partial charge in [-0.15, -0.1) is 0 Å². The van der Waals surface area contributed by atoms with Gasteiger partial charge in [-0.1, -0.05) is 72.8 Å². The molecular weight excluding hydrogens is 456 g/mol. The summed E-state index contributed by atoms with van der Waals surface area (Å²) < 4.78 is 1.74. The Kier molecular flexibility index (Phi) is 7.96. The molecule has 0 aliphatic heterocycles. The lowest BCUT2D eigenvalue weighted by Gasteiger charge is -2.13. The smallest absolute Gasteiger partial charge is 0.262 e. The van der Waals surface area contributed by atoms with Crippen LogP contribution in [0.4, 0.5) is 0 Å². The fraction of sp³-hybridized carbons (Fsp3) is 0.214. The molecule has 0 aliphatic carbocycles. The molecule has 0 bridgehead atoms. The second-order valence-corrected chi connectivity index (χ2v) is 9.23. The normalized spacial score (nSPS) is 10.8. The molecule has 0 saturated heterocycles. The molecule has 0 fully saturated rings. The molecule has 1 aromatic heterocycles. The van der Waals surface area contributed by atoms with Crippen molar-refractivity contribution in [3.05, 3.63) is 94.3 Å². The third kappa shape index (κ3) is 5.97. The van der Waals surface area contributed by atoms with Crippen LogP contribution < -0.4 is 11.3 Å². The van der Waals surface area contributed by atoms with Gasteiger partial charge in [0.1, 0.15) is 0 Å². The van der Waals surface area contributed by atoms with Crippen molar-refractivity contribution in [2.24, 2.45) is 5.73 Å². The summed E-state index contributed by atoms with van der Waals surface area (Å²) in [6, 6.07) is 25.3. The fourth-order valence-corrected chi connectivity index (χ4v) is 4.94.